The van der Waals surface area contributed by atoms with Crippen molar-refractivity contribution in [3.63, 3.8) is 0 Å². The molecule has 0 saturated carbocycles. The fourth-order valence-electron chi connectivity index (χ4n) is 2.78. The maximum atomic E-state index is 5.66. The molecule has 1 N–H and O–H groups in total. The normalized spacial score (nSPS) is 30.0. The second-order valence-electron chi connectivity index (χ2n) is 5.90. The van der Waals surface area contributed by atoms with Gasteiger partial charge >= 0.3 is 0 Å². The Morgan fingerprint density at radius 1 is 1.33 bits per heavy atom. The third-order valence-corrected chi connectivity index (χ3v) is 4.19. The molecule has 0 bridgehead atoms. The maximum Gasteiger partial charge on any atom is 0.0597 e. The van der Waals surface area contributed by atoms with Crippen LogP contribution in [0.1, 0.15) is 47.5 Å². The van der Waals surface area contributed by atoms with Crippen molar-refractivity contribution in [1.82, 2.24) is 10.2 Å². The summed E-state index contributed by atoms with van der Waals surface area (Å²) in [7, 11) is 0. The molecule has 1 saturated heterocycles. The number of rotatable bonds is 7. The number of ether oxygens (including phenoxy) is 1. The van der Waals surface area contributed by atoms with E-state index in [-0.39, 0.29) is 0 Å². The Bertz CT molecular complexity index is 221. The van der Waals surface area contributed by atoms with E-state index in [0.29, 0.717) is 18.2 Å². The number of piperidine rings is 1. The first-order valence-corrected chi connectivity index (χ1v) is 7.65. The largest absolute Gasteiger partial charge is 0.377 e. The van der Waals surface area contributed by atoms with Gasteiger partial charge in [0.1, 0.15) is 0 Å². The van der Waals surface area contributed by atoms with Crippen LogP contribution in [0.3, 0.4) is 0 Å². The Morgan fingerprint density at radius 3 is 2.67 bits per heavy atom. The molecule has 108 valence electrons. The van der Waals surface area contributed by atoms with Crippen molar-refractivity contribution in [3.05, 3.63) is 0 Å². The first-order valence-electron chi connectivity index (χ1n) is 7.65. The second kappa shape index (κ2) is 8.13. The molecule has 1 rings (SSSR count). The quantitative estimate of drug-likeness (QED) is 0.757. The zero-order valence-corrected chi connectivity index (χ0v) is 12.9. The molecule has 3 nitrogen and oxygen atoms in total. The van der Waals surface area contributed by atoms with Crippen LogP contribution in [0.15, 0.2) is 0 Å². The average Bonchev–Trinajstić information content (AvgIpc) is 2.33. The molecule has 1 aliphatic rings. The Kier molecular flexibility index (Phi) is 7.20. The summed E-state index contributed by atoms with van der Waals surface area (Å²) >= 11 is 0. The lowest BCUT2D eigenvalue weighted by Gasteiger charge is -2.43. The van der Waals surface area contributed by atoms with Gasteiger partial charge in [0.15, 0.2) is 0 Å². The molecule has 0 amide bonds. The summed E-state index contributed by atoms with van der Waals surface area (Å²) in [6, 6.07) is 1.35. The molecule has 3 atom stereocenters. The molecule has 0 aliphatic carbocycles. The van der Waals surface area contributed by atoms with Crippen LogP contribution in [-0.2, 0) is 4.74 Å². The topological polar surface area (TPSA) is 24.5 Å². The number of likely N-dealkylation sites (tertiary alicyclic amines) is 1. The van der Waals surface area contributed by atoms with E-state index in [1.165, 1.54) is 19.4 Å². The van der Waals surface area contributed by atoms with E-state index >= 15 is 0 Å². The van der Waals surface area contributed by atoms with Crippen LogP contribution in [0.4, 0.5) is 0 Å². The highest BCUT2D eigenvalue weighted by Gasteiger charge is 2.31. The standard InChI is InChI=1S/C15H32N2O/c1-6-8-16-15-7-9-17(14(5)13(15)4)10-11-18-12(2)3/h12-16H,6-11H2,1-5H3. The average molecular weight is 256 g/mol. The SMILES string of the molecule is CCCNC1CCN(CCOC(C)C)C(C)C1C. The lowest BCUT2D eigenvalue weighted by Crippen LogP contribution is -2.54. The molecular formula is C15H32N2O. The van der Waals surface area contributed by atoms with Gasteiger partial charge in [0.05, 0.1) is 12.7 Å². The van der Waals surface area contributed by atoms with Crippen LogP contribution < -0.4 is 5.32 Å². The maximum absolute atomic E-state index is 5.66. The van der Waals surface area contributed by atoms with Gasteiger partial charge in [-0.2, -0.15) is 0 Å². The van der Waals surface area contributed by atoms with Crippen LogP contribution >= 0.6 is 0 Å². The Labute approximate surface area is 113 Å². The van der Waals surface area contributed by atoms with Gasteiger partial charge in [-0.25, -0.2) is 0 Å². The first-order chi connectivity index (χ1) is 8.56. The van der Waals surface area contributed by atoms with E-state index in [2.05, 4.69) is 44.8 Å². The Morgan fingerprint density at radius 2 is 2.06 bits per heavy atom. The number of hydrogen-bond donors (Lipinski definition) is 1. The summed E-state index contributed by atoms with van der Waals surface area (Å²) < 4.78 is 5.66. The van der Waals surface area contributed by atoms with Crippen LogP contribution in [0, 0.1) is 5.92 Å². The predicted molar refractivity (Wildman–Crippen MR) is 78.0 cm³/mol. The van der Waals surface area contributed by atoms with E-state index < -0.39 is 0 Å². The minimum atomic E-state index is 0.349. The van der Waals surface area contributed by atoms with Crippen LogP contribution in [0.5, 0.6) is 0 Å². The molecule has 18 heavy (non-hydrogen) atoms. The van der Waals surface area contributed by atoms with Gasteiger partial charge in [-0.1, -0.05) is 13.8 Å². The summed E-state index contributed by atoms with van der Waals surface area (Å²) in [5.74, 6) is 0.726. The molecular weight excluding hydrogens is 224 g/mol. The van der Waals surface area contributed by atoms with Crippen molar-refractivity contribution in [1.29, 1.82) is 0 Å². The molecule has 0 radical (unpaired) electrons. The molecule has 0 spiro atoms. The van der Waals surface area contributed by atoms with E-state index in [9.17, 15) is 0 Å². The first kappa shape index (κ1) is 15.9. The van der Waals surface area contributed by atoms with E-state index in [1.54, 1.807) is 0 Å². The van der Waals surface area contributed by atoms with Crippen LogP contribution in [0.25, 0.3) is 0 Å². The minimum Gasteiger partial charge on any atom is -0.377 e. The van der Waals surface area contributed by atoms with Gasteiger partial charge in [0, 0.05) is 25.2 Å². The van der Waals surface area contributed by atoms with E-state index in [4.69, 9.17) is 4.74 Å². The Balaban J connectivity index is 2.33. The van der Waals surface area contributed by atoms with Gasteiger partial charge in [-0.05, 0) is 46.1 Å². The highest BCUT2D eigenvalue weighted by atomic mass is 16.5. The number of nitrogens with one attached hydrogen (secondary N) is 1. The van der Waals surface area contributed by atoms with Crippen LogP contribution in [-0.4, -0.2) is 49.3 Å². The zero-order valence-electron chi connectivity index (χ0n) is 12.9. The van der Waals surface area contributed by atoms with Gasteiger partial charge < -0.3 is 10.1 Å². The monoisotopic (exact) mass is 256 g/mol. The third-order valence-electron chi connectivity index (χ3n) is 4.19. The van der Waals surface area contributed by atoms with Gasteiger partial charge in [-0.3, -0.25) is 4.90 Å². The summed E-state index contributed by atoms with van der Waals surface area (Å²) in [5.41, 5.74) is 0. The summed E-state index contributed by atoms with van der Waals surface area (Å²) in [5, 5.41) is 3.69. The fourth-order valence-corrected chi connectivity index (χ4v) is 2.78. The minimum absolute atomic E-state index is 0.349. The molecule has 0 aromatic heterocycles. The predicted octanol–water partition coefficient (Wildman–Crippen LogP) is 2.51. The van der Waals surface area contributed by atoms with Crippen molar-refractivity contribution in [2.75, 3.05) is 26.2 Å². The van der Waals surface area contributed by atoms with Gasteiger partial charge in [0.2, 0.25) is 0 Å². The summed E-state index contributed by atoms with van der Waals surface area (Å²) in [6.45, 7) is 15.5. The Hall–Kier alpha value is -0.120. The summed E-state index contributed by atoms with van der Waals surface area (Å²) in [4.78, 5) is 2.58. The van der Waals surface area contributed by atoms with Crippen molar-refractivity contribution in [2.24, 2.45) is 5.92 Å². The number of nitrogens with zero attached hydrogens (tertiary/aromatic N) is 1. The molecule has 1 fully saturated rings. The van der Waals surface area contributed by atoms with Gasteiger partial charge in [0.25, 0.3) is 0 Å². The van der Waals surface area contributed by atoms with Crippen LogP contribution in [0.2, 0.25) is 0 Å². The van der Waals surface area contributed by atoms with Crippen molar-refractivity contribution < 1.29 is 4.74 Å². The zero-order chi connectivity index (χ0) is 13.5. The highest BCUT2D eigenvalue weighted by Crippen LogP contribution is 2.23. The fraction of sp³-hybridized carbons (Fsp3) is 1.00. The molecule has 0 aromatic carbocycles. The van der Waals surface area contributed by atoms with E-state index in [1.807, 2.05) is 0 Å². The van der Waals surface area contributed by atoms with E-state index in [0.717, 1.165) is 25.6 Å². The number of hydrogen-bond acceptors (Lipinski definition) is 3. The lowest BCUT2D eigenvalue weighted by atomic mass is 9.87. The molecule has 3 heteroatoms. The van der Waals surface area contributed by atoms with Crippen molar-refractivity contribution >= 4 is 0 Å². The van der Waals surface area contributed by atoms with Gasteiger partial charge in [-0.15, -0.1) is 0 Å². The highest BCUT2D eigenvalue weighted by molar-refractivity contribution is 4.88. The summed E-state index contributed by atoms with van der Waals surface area (Å²) in [6.07, 6.45) is 2.85. The smallest absolute Gasteiger partial charge is 0.0597 e. The van der Waals surface area contributed by atoms with Crippen molar-refractivity contribution in [2.45, 2.75) is 65.6 Å². The second-order valence-corrected chi connectivity index (χ2v) is 5.90. The molecule has 0 aromatic rings. The molecule has 3 unspecified atom stereocenters. The van der Waals surface area contributed by atoms with Crippen molar-refractivity contribution in [3.8, 4) is 0 Å². The molecule has 1 heterocycles. The molecule has 1 aliphatic heterocycles. The third kappa shape index (κ3) is 4.87. The lowest BCUT2D eigenvalue weighted by molar-refractivity contribution is 0.0237.